The molecule has 0 heterocycles. The number of rotatable bonds is 5. The first-order valence-electron chi connectivity index (χ1n) is 4.31. The highest BCUT2D eigenvalue weighted by Crippen LogP contribution is 2.54. The molecule has 2 N–H and O–H groups in total. The zero-order valence-electron chi connectivity index (χ0n) is 8.43. The van der Waals surface area contributed by atoms with Crippen LogP contribution in [0.2, 0.25) is 0 Å². The molecule has 0 rings (SSSR count). The summed E-state index contributed by atoms with van der Waals surface area (Å²) < 4.78 is 12.1. The van der Waals surface area contributed by atoms with Gasteiger partial charge in [-0.1, -0.05) is 6.92 Å². The Hall–Kier alpha value is -0.830. The fraction of sp³-hybridized carbons (Fsp3) is 0.750. The topological polar surface area (TPSA) is 91.7 Å². The summed E-state index contributed by atoms with van der Waals surface area (Å²) in [6, 6.07) is 0. The normalized spacial score (nSPS) is 19.4. The van der Waals surface area contributed by atoms with Crippen LogP contribution in [0.3, 0.4) is 0 Å². The molecule has 82 valence electrons. The Morgan fingerprint density at radius 1 is 1.14 bits per heavy atom. The first kappa shape index (κ1) is 13.2. The van der Waals surface area contributed by atoms with Crippen molar-refractivity contribution in [3.8, 4) is 0 Å². The number of carboxylic acid groups (broad SMARTS) is 2. The molecule has 0 aromatic rings. The lowest BCUT2D eigenvalue weighted by molar-refractivity contribution is -0.136. The van der Waals surface area contributed by atoms with Crippen molar-refractivity contribution in [3.05, 3.63) is 0 Å². The molecule has 0 aliphatic carbocycles. The quantitative estimate of drug-likeness (QED) is 0.684. The van der Waals surface area contributed by atoms with Crippen LogP contribution in [0, 0.1) is 0 Å². The van der Waals surface area contributed by atoms with Crippen LogP contribution in [0.25, 0.3) is 0 Å². The lowest BCUT2D eigenvalue weighted by Gasteiger charge is -2.24. The third kappa shape index (κ3) is 2.35. The van der Waals surface area contributed by atoms with E-state index in [0.717, 1.165) is 0 Å². The molecule has 6 heteroatoms. The van der Waals surface area contributed by atoms with Crippen molar-refractivity contribution in [2.75, 3.05) is 6.16 Å². The Morgan fingerprint density at radius 3 is 1.57 bits per heavy atom. The van der Waals surface area contributed by atoms with Gasteiger partial charge in [-0.2, -0.15) is 0 Å². The third-order valence-electron chi connectivity index (χ3n) is 2.52. The fourth-order valence-corrected chi connectivity index (χ4v) is 3.77. The van der Waals surface area contributed by atoms with Gasteiger partial charge in [-0.3, -0.25) is 9.59 Å². The molecule has 0 aromatic heterocycles. The van der Waals surface area contributed by atoms with Gasteiger partial charge in [0.2, 0.25) is 0 Å². The van der Waals surface area contributed by atoms with Crippen LogP contribution in [0.5, 0.6) is 0 Å². The second-order valence-corrected chi connectivity index (χ2v) is 7.09. The highest BCUT2D eigenvalue weighted by molar-refractivity contribution is 7.67. The summed E-state index contributed by atoms with van der Waals surface area (Å²) in [6.45, 7) is 4.15. The Bertz CT molecular complexity index is 261. The van der Waals surface area contributed by atoms with E-state index >= 15 is 0 Å². The van der Waals surface area contributed by atoms with Gasteiger partial charge < -0.3 is 14.8 Å². The number of carbonyl (C=O) groups is 2. The van der Waals surface area contributed by atoms with Crippen molar-refractivity contribution in [2.24, 2.45) is 0 Å². The van der Waals surface area contributed by atoms with Crippen LogP contribution >= 0.6 is 7.14 Å². The number of aliphatic carboxylic acids is 2. The van der Waals surface area contributed by atoms with Gasteiger partial charge in [0.05, 0.1) is 0 Å². The van der Waals surface area contributed by atoms with Crippen molar-refractivity contribution in [1.82, 2.24) is 0 Å². The maximum Gasteiger partial charge on any atom is 0.313 e. The van der Waals surface area contributed by atoms with E-state index in [1.165, 1.54) is 13.8 Å². The van der Waals surface area contributed by atoms with Crippen molar-refractivity contribution >= 4 is 19.1 Å². The molecule has 14 heavy (non-hydrogen) atoms. The van der Waals surface area contributed by atoms with Gasteiger partial charge in [0.15, 0.2) is 0 Å². The standard InChI is InChI=1S/C8H15O5P/c1-4-14(13,5(2)7(9)10)6(3)8(11)12/h5-6H,4H2,1-3H3,(H,9,10)(H,11,12). The molecular weight excluding hydrogens is 207 g/mol. The zero-order valence-corrected chi connectivity index (χ0v) is 9.32. The predicted octanol–water partition coefficient (Wildman–Crippen LogP) is 1.32. The van der Waals surface area contributed by atoms with E-state index < -0.39 is 30.4 Å². The maximum absolute atomic E-state index is 12.1. The average molecular weight is 222 g/mol. The van der Waals surface area contributed by atoms with E-state index in [-0.39, 0.29) is 6.16 Å². The first-order valence-corrected chi connectivity index (χ1v) is 6.34. The van der Waals surface area contributed by atoms with Gasteiger partial charge in [-0.05, 0) is 20.0 Å². The van der Waals surface area contributed by atoms with Gasteiger partial charge in [0.25, 0.3) is 0 Å². The molecule has 0 aliphatic heterocycles. The van der Waals surface area contributed by atoms with Crippen molar-refractivity contribution < 1.29 is 24.4 Å². The van der Waals surface area contributed by atoms with E-state index in [1.807, 2.05) is 0 Å². The second-order valence-electron chi connectivity index (χ2n) is 3.20. The monoisotopic (exact) mass is 222 g/mol. The molecule has 2 atom stereocenters. The summed E-state index contributed by atoms with van der Waals surface area (Å²) >= 11 is 0. The van der Waals surface area contributed by atoms with Crippen LogP contribution in [0.1, 0.15) is 20.8 Å². The third-order valence-corrected chi connectivity index (χ3v) is 6.57. The molecule has 0 aliphatic rings. The predicted molar refractivity (Wildman–Crippen MR) is 52.3 cm³/mol. The fourth-order valence-electron chi connectivity index (χ4n) is 1.26. The minimum Gasteiger partial charge on any atom is -0.481 e. The molecule has 0 saturated heterocycles. The summed E-state index contributed by atoms with van der Waals surface area (Å²) in [4.78, 5) is 21.3. The molecule has 2 unspecified atom stereocenters. The summed E-state index contributed by atoms with van der Waals surface area (Å²) in [6.07, 6.45) is 0.0912. The summed E-state index contributed by atoms with van der Waals surface area (Å²) in [5.41, 5.74) is -2.20. The molecular formula is C8H15O5P. The SMILES string of the molecule is CCP(=O)(C(C)C(=O)O)C(C)C(=O)O. The van der Waals surface area contributed by atoms with E-state index in [4.69, 9.17) is 10.2 Å². The average Bonchev–Trinajstić information content (AvgIpc) is 2.13. The molecule has 0 spiro atoms. The maximum atomic E-state index is 12.1. The zero-order chi connectivity index (χ0) is 11.5. The molecule has 0 radical (unpaired) electrons. The van der Waals surface area contributed by atoms with E-state index in [9.17, 15) is 14.2 Å². The molecule has 0 fully saturated rings. The lowest BCUT2D eigenvalue weighted by atomic mass is 10.5. The van der Waals surface area contributed by atoms with Gasteiger partial charge in [-0.25, -0.2) is 0 Å². The number of carboxylic acids is 2. The van der Waals surface area contributed by atoms with E-state index in [0.29, 0.717) is 0 Å². The van der Waals surface area contributed by atoms with E-state index in [2.05, 4.69) is 0 Å². The highest BCUT2D eigenvalue weighted by Gasteiger charge is 2.41. The minimum atomic E-state index is -3.19. The van der Waals surface area contributed by atoms with Crippen molar-refractivity contribution in [3.63, 3.8) is 0 Å². The van der Waals surface area contributed by atoms with Crippen molar-refractivity contribution in [2.45, 2.75) is 32.1 Å². The van der Waals surface area contributed by atoms with Crippen LogP contribution in [-0.4, -0.2) is 39.6 Å². The molecule has 0 saturated carbocycles. The Kier molecular flexibility index (Phi) is 4.33. The smallest absolute Gasteiger partial charge is 0.313 e. The molecule has 0 bridgehead atoms. The van der Waals surface area contributed by atoms with Crippen LogP contribution in [0.4, 0.5) is 0 Å². The Balaban J connectivity index is 5.08. The first-order chi connectivity index (χ1) is 6.27. The summed E-state index contributed by atoms with van der Waals surface area (Å²) in [5, 5.41) is 17.4. The van der Waals surface area contributed by atoms with Crippen LogP contribution in [-0.2, 0) is 14.2 Å². The molecule has 0 aromatic carbocycles. The Morgan fingerprint density at radius 2 is 1.43 bits per heavy atom. The molecule has 5 nitrogen and oxygen atoms in total. The Labute approximate surface area is 82.5 Å². The number of hydrogen-bond donors (Lipinski definition) is 2. The summed E-state index contributed by atoms with van der Waals surface area (Å²) in [7, 11) is -3.19. The summed E-state index contributed by atoms with van der Waals surface area (Å²) in [5.74, 6) is -2.41. The second kappa shape index (κ2) is 4.60. The van der Waals surface area contributed by atoms with Crippen molar-refractivity contribution in [1.29, 1.82) is 0 Å². The van der Waals surface area contributed by atoms with E-state index in [1.54, 1.807) is 6.92 Å². The minimum absolute atomic E-state index is 0.0912. The number of hydrogen-bond acceptors (Lipinski definition) is 3. The van der Waals surface area contributed by atoms with Gasteiger partial charge >= 0.3 is 11.9 Å². The van der Waals surface area contributed by atoms with Crippen LogP contribution < -0.4 is 0 Å². The highest BCUT2D eigenvalue weighted by atomic mass is 31.2. The lowest BCUT2D eigenvalue weighted by Crippen LogP contribution is -2.28. The molecule has 0 amide bonds. The van der Waals surface area contributed by atoms with Gasteiger partial charge in [0.1, 0.15) is 18.5 Å². The van der Waals surface area contributed by atoms with Gasteiger partial charge in [-0.15, -0.1) is 0 Å². The largest absolute Gasteiger partial charge is 0.481 e. The van der Waals surface area contributed by atoms with Crippen LogP contribution in [0.15, 0.2) is 0 Å². The van der Waals surface area contributed by atoms with Gasteiger partial charge in [0, 0.05) is 0 Å².